The van der Waals surface area contributed by atoms with Gasteiger partial charge in [-0.3, -0.25) is 4.79 Å². The number of anilines is 1. The number of carbonyl (C=O) groups is 1. The molecule has 3 nitrogen and oxygen atoms in total. The Morgan fingerprint density at radius 1 is 1.15 bits per heavy atom. The van der Waals surface area contributed by atoms with Crippen LogP contribution in [0.2, 0.25) is 0 Å². The average Bonchev–Trinajstić information content (AvgIpc) is 3.20. The molecule has 5 heteroatoms. The summed E-state index contributed by atoms with van der Waals surface area (Å²) in [6.45, 7) is 4.40. The van der Waals surface area contributed by atoms with Crippen molar-refractivity contribution in [3.8, 4) is 0 Å². The second-order valence-corrected chi connectivity index (χ2v) is 9.57. The molecular formula is C22H26N2OS2. The summed E-state index contributed by atoms with van der Waals surface area (Å²) in [5, 5.41) is 5.68. The molecule has 1 unspecified atom stereocenters. The molecule has 142 valence electrons. The molecule has 1 aromatic heterocycles. The Balaban J connectivity index is 1.65. The van der Waals surface area contributed by atoms with Gasteiger partial charge in [0.25, 0.3) is 5.91 Å². The van der Waals surface area contributed by atoms with E-state index in [1.807, 2.05) is 18.2 Å². The van der Waals surface area contributed by atoms with Gasteiger partial charge in [-0.2, -0.15) is 0 Å². The fraction of sp³-hybridized carbons (Fsp3) is 0.409. The highest BCUT2D eigenvalue weighted by Crippen LogP contribution is 2.42. The lowest BCUT2D eigenvalue weighted by atomic mass is 9.85. The Kier molecular flexibility index (Phi) is 5.60. The van der Waals surface area contributed by atoms with Crippen LogP contribution < -0.4 is 5.32 Å². The van der Waals surface area contributed by atoms with Crippen molar-refractivity contribution in [2.45, 2.75) is 51.1 Å². The maximum absolute atomic E-state index is 13.4. The Hall–Kier alpha value is -1.72. The van der Waals surface area contributed by atoms with Crippen molar-refractivity contribution in [3.05, 3.63) is 57.1 Å². The van der Waals surface area contributed by atoms with Crippen molar-refractivity contribution in [3.63, 3.8) is 0 Å². The van der Waals surface area contributed by atoms with Crippen LogP contribution >= 0.6 is 23.1 Å². The molecule has 4 rings (SSSR count). The molecule has 2 fully saturated rings. The van der Waals surface area contributed by atoms with Gasteiger partial charge >= 0.3 is 0 Å². The maximum atomic E-state index is 13.4. The van der Waals surface area contributed by atoms with Gasteiger partial charge < -0.3 is 10.2 Å². The highest BCUT2D eigenvalue weighted by atomic mass is 32.2. The lowest BCUT2D eigenvalue weighted by molar-refractivity contribution is -0.129. The van der Waals surface area contributed by atoms with E-state index in [0.717, 1.165) is 17.0 Å². The molecule has 1 aliphatic heterocycles. The Labute approximate surface area is 169 Å². The van der Waals surface area contributed by atoms with Crippen molar-refractivity contribution in [2.75, 3.05) is 5.32 Å². The van der Waals surface area contributed by atoms with Crippen molar-refractivity contribution >= 4 is 40.8 Å². The first-order chi connectivity index (χ1) is 13.1. The molecule has 2 heterocycles. The normalized spacial score (nSPS) is 27.3. The molecule has 1 aliphatic carbocycles. The van der Waals surface area contributed by atoms with E-state index >= 15 is 0 Å². The van der Waals surface area contributed by atoms with Gasteiger partial charge in [0.1, 0.15) is 0 Å². The smallest absolute Gasteiger partial charge is 0.263 e. The van der Waals surface area contributed by atoms with Gasteiger partial charge in [0.15, 0.2) is 5.50 Å². The molecule has 0 radical (unpaired) electrons. The third-order valence-electron chi connectivity index (χ3n) is 5.59. The highest BCUT2D eigenvalue weighted by molar-refractivity contribution is 8.05. The quantitative estimate of drug-likeness (QED) is 0.646. The molecule has 3 atom stereocenters. The van der Waals surface area contributed by atoms with Crippen LogP contribution in [0.1, 0.15) is 43.0 Å². The number of benzene rings is 1. The fourth-order valence-electron chi connectivity index (χ4n) is 4.02. The molecule has 0 spiro atoms. The third-order valence-corrected chi connectivity index (χ3v) is 7.67. The number of thioether (sulfide) groups is 1. The van der Waals surface area contributed by atoms with Crippen molar-refractivity contribution in [1.82, 2.24) is 4.90 Å². The topological polar surface area (TPSA) is 32.3 Å². The number of aryl methyl sites for hydroxylation is 1. The van der Waals surface area contributed by atoms with E-state index in [-0.39, 0.29) is 11.4 Å². The number of nitrogens with one attached hydrogen (secondary N) is 1. The largest absolute Gasteiger partial charge is 0.356 e. The van der Waals surface area contributed by atoms with Gasteiger partial charge in [0.05, 0.1) is 4.91 Å². The number of hydrogen-bond donors (Lipinski definition) is 1. The van der Waals surface area contributed by atoms with Crippen LogP contribution in [-0.4, -0.2) is 22.3 Å². The fourth-order valence-corrected chi connectivity index (χ4v) is 6.15. The molecule has 27 heavy (non-hydrogen) atoms. The lowest BCUT2D eigenvalue weighted by Gasteiger charge is -2.39. The van der Waals surface area contributed by atoms with Crippen LogP contribution in [-0.2, 0) is 4.79 Å². The second-order valence-electron chi connectivity index (χ2n) is 7.50. The van der Waals surface area contributed by atoms with Crippen LogP contribution in [0.15, 0.2) is 46.7 Å². The first-order valence-electron chi connectivity index (χ1n) is 9.70. The summed E-state index contributed by atoms with van der Waals surface area (Å²) in [4.78, 5) is 17.5. The predicted octanol–water partition coefficient (Wildman–Crippen LogP) is 5.95. The van der Waals surface area contributed by atoms with Crippen LogP contribution in [0.3, 0.4) is 0 Å². The van der Waals surface area contributed by atoms with Crippen LogP contribution in [0.4, 0.5) is 5.69 Å². The summed E-state index contributed by atoms with van der Waals surface area (Å²) in [6, 6.07) is 12.6. The summed E-state index contributed by atoms with van der Waals surface area (Å²) in [5.74, 6) is 0.728. The summed E-state index contributed by atoms with van der Waals surface area (Å²) in [7, 11) is 0. The number of hydrogen-bond acceptors (Lipinski definition) is 4. The molecule has 1 aromatic carbocycles. The van der Waals surface area contributed by atoms with Crippen molar-refractivity contribution in [1.29, 1.82) is 0 Å². The average molecular weight is 399 g/mol. The van der Waals surface area contributed by atoms with E-state index < -0.39 is 0 Å². The van der Waals surface area contributed by atoms with Gasteiger partial charge in [0, 0.05) is 16.6 Å². The molecule has 1 amide bonds. The summed E-state index contributed by atoms with van der Waals surface area (Å²) in [6.07, 6.45) is 6.89. The number of thiophene rings is 1. The van der Waals surface area contributed by atoms with E-state index in [9.17, 15) is 4.79 Å². The van der Waals surface area contributed by atoms with Gasteiger partial charge in [-0.25, -0.2) is 0 Å². The first-order valence-corrected chi connectivity index (χ1v) is 11.5. The number of para-hydroxylation sites is 1. The zero-order chi connectivity index (χ0) is 18.8. The monoisotopic (exact) mass is 398 g/mol. The van der Waals surface area contributed by atoms with Crippen molar-refractivity contribution in [2.24, 2.45) is 5.92 Å². The molecule has 1 saturated heterocycles. The molecular weight excluding hydrogens is 372 g/mol. The second kappa shape index (κ2) is 8.11. The van der Waals surface area contributed by atoms with E-state index in [1.54, 1.807) is 23.1 Å². The van der Waals surface area contributed by atoms with Crippen LogP contribution in [0.5, 0.6) is 0 Å². The Morgan fingerprint density at radius 2 is 1.93 bits per heavy atom. The van der Waals surface area contributed by atoms with Crippen LogP contribution in [0, 0.1) is 12.8 Å². The van der Waals surface area contributed by atoms with Gasteiger partial charge in [-0.1, -0.05) is 49.7 Å². The summed E-state index contributed by atoms with van der Waals surface area (Å²) >= 11 is 3.36. The molecule has 2 aliphatic rings. The number of carbonyl (C=O) groups excluding carboxylic acids is 1. The minimum absolute atomic E-state index is 0.0445. The van der Waals surface area contributed by atoms with E-state index in [1.165, 1.54) is 29.7 Å². The minimum atomic E-state index is -0.0445. The standard InChI is InChI=1S/C22H26N2OS2/c1-15-8-6-7-11-18(15)24-21(25)20(14-19-16(2)12-13-26-19)27-22(24)23-17-9-4-3-5-10-17/h3-5,9-10,12-15,18,22-23H,6-8,11H2,1-2H3/b20-14-/t15-,18-,22?/m1/s1. The minimum Gasteiger partial charge on any atom is -0.356 e. The van der Waals surface area contributed by atoms with Crippen molar-refractivity contribution < 1.29 is 4.79 Å². The SMILES string of the molecule is Cc1ccsc1/C=C1\SC(Nc2ccccc2)N([C@@H]2CCCC[C@H]2C)C1=O. The molecule has 1 N–H and O–H groups in total. The van der Waals surface area contributed by atoms with E-state index in [0.29, 0.717) is 12.0 Å². The van der Waals surface area contributed by atoms with Gasteiger partial charge in [0.2, 0.25) is 0 Å². The van der Waals surface area contributed by atoms with Crippen LogP contribution in [0.25, 0.3) is 6.08 Å². The zero-order valence-corrected chi connectivity index (χ0v) is 17.5. The Morgan fingerprint density at radius 3 is 2.63 bits per heavy atom. The third kappa shape index (κ3) is 3.94. The number of amides is 1. The van der Waals surface area contributed by atoms with E-state index in [4.69, 9.17) is 0 Å². The molecule has 1 saturated carbocycles. The lowest BCUT2D eigenvalue weighted by Crippen LogP contribution is -2.48. The van der Waals surface area contributed by atoms with Gasteiger partial charge in [-0.05, 0) is 60.9 Å². The molecule has 0 bridgehead atoms. The first kappa shape index (κ1) is 18.6. The Bertz CT molecular complexity index is 830. The zero-order valence-electron chi connectivity index (χ0n) is 15.9. The maximum Gasteiger partial charge on any atom is 0.263 e. The predicted molar refractivity (Wildman–Crippen MR) is 117 cm³/mol. The number of nitrogens with zero attached hydrogens (tertiary/aromatic N) is 1. The highest BCUT2D eigenvalue weighted by Gasteiger charge is 2.42. The van der Waals surface area contributed by atoms with E-state index in [2.05, 4.69) is 53.7 Å². The van der Waals surface area contributed by atoms with Gasteiger partial charge in [-0.15, -0.1) is 11.3 Å². The molecule has 2 aromatic rings. The summed E-state index contributed by atoms with van der Waals surface area (Å²) in [5.41, 5.74) is 2.25. The number of rotatable bonds is 4. The summed E-state index contributed by atoms with van der Waals surface area (Å²) < 4.78 is 0.